The molecule has 1 saturated carbocycles. The van der Waals surface area contributed by atoms with Gasteiger partial charge in [-0.25, -0.2) is 22.5 Å². The molecule has 12 heteroatoms. The molecule has 8 nitrogen and oxygen atoms in total. The van der Waals surface area contributed by atoms with Crippen molar-refractivity contribution in [2.75, 3.05) is 26.7 Å². The fraction of sp³-hybridized carbons (Fsp3) is 0.545. The molecule has 1 spiro atoms. The number of fused-ring (bicyclic) bond motifs is 2. The molecule has 1 N–H and O–H groups in total. The summed E-state index contributed by atoms with van der Waals surface area (Å²) < 4.78 is 61.1. The monoisotopic (exact) mass is 500 g/mol. The molecule has 3 heterocycles. The molecule has 0 bridgehead atoms. The first-order valence-electron chi connectivity index (χ1n) is 11.1. The molecular weight excluding hydrogens is 473 g/mol. The standard InChI is InChI=1S/C20H26N4O2S.C2HF3O2/c1-22-13-14-24-18(16-5-3-2-4-6-16)15-21-19(24)20(22)9-11-23(12-10-20)27(25,26)17-7-8-17;3-2(4,5)1(6)7/h2-6,15,17H,7-14H2,1H3;(H,6,7). The van der Waals surface area contributed by atoms with Crippen LogP contribution >= 0.6 is 0 Å². The first kappa shape index (κ1) is 24.7. The molecular formula is C22H27F3N4O4S. The number of piperidine rings is 1. The number of halogens is 3. The molecule has 2 aliphatic heterocycles. The molecule has 3 aliphatic rings. The Balaban J connectivity index is 0.000000344. The second kappa shape index (κ2) is 8.97. The molecule has 186 valence electrons. The molecule has 0 radical (unpaired) electrons. The maximum atomic E-state index is 12.6. The first-order chi connectivity index (χ1) is 16.0. The molecule has 1 saturated heterocycles. The van der Waals surface area contributed by atoms with Crippen molar-refractivity contribution in [3.05, 3.63) is 42.4 Å². The lowest BCUT2D eigenvalue weighted by molar-refractivity contribution is -0.192. The molecule has 1 aliphatic carbocycles. The van der Waals surface area contributed by atoms with E-state index in [4.69, 9.17) is 14.9 Å². The van der Waals surface area contributed by atoms with E-state index in [1.54, 1.807) is 4.31 Å². The van der Waals surface area contributed by atoms with Crippen molar-refractivity contribution in [3.8, 4) is 11.3 Å². The Morgan fingerprint density at radius 2 is 1.68 bits per heavy atom. The number of imidazole rings is 1. The van der Waals surface area contributed by atoms with Gasteiger partial charge in [0.2, 0.25) is 10.0 Å². The number of sulfonamides is 1. The topological polar surface area (TPSA) is 95.7 Å². The van der Waals surface area contributed by atoms with E-state index in [1.165, 1.54) is 5.56 Å². The minimum absolute atomic E-state index is 0.123. The number of benzene rings is 1. The second-order valence-corrected chi connectivity index (χ2v) is 11.1. The van der Waals surface area contributed by atoms with Gasteiger partial charge in [0.25, 0.3) is 0 Å². The van der Waals surface area contributed by atoms with Gasteiger partial charge in [-0.2, -0.15) is 13.2 Å². The summed E-state index contributed by atoms with van der Waals surface area (Å²) in [6.45, 7) is 3.06. The first-order valence-corrected chi connectivity index (χ1v) is 12.6. The summed E-state index contributed by atoms with van der Waals surface area (Å²) in [5.74, 6) is -1.66. The van der Waals surface area contributed by atoms with Gasteiger partial charge < -0.3 is 9.67 Å². The SMILES string of the molecule is CN1CCn2c(-c3ccccc3)cnc2C12CCN(S(=O)(=O)C1CC1)CC2.O=C(O)C(F)(F)F. The maximum Gasteiger partial charge on any atom is 0.490 e. The van der Waals surface area contributed by atoms with Crippen LogP contribution in [0.2, 0.25) is 0 Å². The van der Waals surface area contributed by atoms with Gasteiger partial charge >= 0.3 is 12.1 Å². The van der Waals surface area contributed by atoms with Gasteiger partial charge in [-0.05, 0) is 38.3 Å². The molecule has 5 rings (SSSR count). The maximum absolute atomic E-state index is 12.6. The van der Waals surface area contributed by atoms with Crippen molar-refractivity contribution in [2.24, 2.45) is 0 Å². The van der Waals surface area contributed by atoms with Crippen LogP contribution in [-0.4, -0.2) is 76.4 Å². The normalized spacial score (nSPS) is 20.9. The fourth-order valence-electron chi connectivity index (χ4n) is 4.74. The molecule has 1 aromatic carbocycles. The van der Waals surface area contributed by atoms with Crippen LogP contribution in [0.1, 0.15) is 31.5 Å². The molecule has 2 fully saturated rings. The zero-order valence-electron chi connectivity index (χ0n) is 18.7. The van der Waals surface area contributed by atoms with Crippen molar-refractivity contribution in [1.29, 1.82) is 0 Å². The highest BCUT2D eigenvalue weighted by Crippen LogP contribution is 2.43. The zero-order valence-corrected chi connectivity index (χ0v) is 19.5. The van der Waals surface area contributed by atoms with Crippen LogP contribution < -0.4 is 0 Å². The highest BCUT2D eigenvalue weighted by molar-refractivity contribution is 7.90. The predicted octanol–water partition coefficient (Wildman–Crippen LogP) is 2.91. The lowest BCUT2D eigenvalue weighted by Crippen LogP contribution is -2.57. The lowest BCUT2D eigenvalue weighted by atomic mass is 9.84. The minimum atomic E-state index is -5.08. The van der Waals surface area contributed by atoms with E-state index >= 15 is 0 Å². The Morgan fingerprint density at radius 1 is 1.09 bits per heavy atom. The number of hydrogen-bond acceptors (Lipinski definition) is 5. The largest absolute Gasteiger partial charge is 0.490 e. The Kier molecular flexibility index (Phi) is 6.51. The summed E-state index contributed by atoms with van der Waals surface area (Å²) in [5.41, 5.74) is 2.18. The summed E-state index contributed by atoms with van der Waals surface area (Å²) in [5, 5.41) is 7.00. The van der Waals surface area contributed by atoms with Crippen LogP contribution in [0, 0.1) is 0 Å². The number of aromatic nitrogens is 2. The van der Waals surface area contributed by atoms with Gasteiger partial charge in [0.05, 0.1) is 22.7 Å². The van der Waals surface area contributed by atoms with Crippen molar-refractivity contribution >= 4 is 16.0 Å². The smallest absolute Gasteiger partial charge is 0.475 e. The number of hydrogen-bond donors (Lipinski definition) is 1. The third-order valence-electron chi connectivity index (χ3n) is 6.83. The Labute approximate surface area is 196 Å². The van der Waals surface area contributed by atoms with Gasteiger partial charge in [-0.15, -0.1) is 0 Å². The molecule has 1 aromatic heterocycles. The van der Waals surface area contributed by atoms with Crippen molar-refractivity contribution in [1.82, 2.24) is 18.8 Å². The van der Waals surface area contributed by atoms with Gasteiger partial charge in [0, 0.05) is 26.2 Å². The van der Waals surface area contributed by atoms with Gasteiger partial charge in [-0.1, -0.05) is 30.3 Å². The molecule has 34 heavy (non-hydrogen) atoms. The number of aliphatic carboxylic acids is 1. The van der Waals surface area contributed by atoms with Gasteiger partial charge in [0.1, 0.15) is 5.82 Å². The highest BCUT2D eigenvalue weighted by Gasteiger charge is 2.49. The summed E-state index contributed by atoms with van der Waals surface area (Å²) in [4.78, 5) is 16.1. The molecule has 2 aromatic rings. The number of rotatable bonds is 3. The van der Waals surface area contributed by atoms with Gasteiger partial charge in [-0.3, -0.25) is 4.90 Å². The van der Waals surface area contributed by atoms with Crippen LogP contribution in [0.3, 0.4) is 0 Å². The third kappa shape index (κ3) is 4.58. The highest BCUT2D eigenvalue weighted by atomic mass is 32.2. The average molecular weight is 501 g/mol. The number of likely N-dealkylation sites (N-methyl/N-ethyl adjacent to an activating group) is 1. The van der Waals surface area contributed by atoms with E-state index < -0.39 is 22.2 Å². The Morgan fingerprint density at radius 3 is 2.21 bits per heavy atom. The quantitative estimate of drug-likeness (QED) is 0.697. The molecule has 0 amide bonds. The van der Waals surface area contributed by atoms with Crippen LogP contribution in [0.15, 0.2) is 36.5 Å². The average Bonchev–Trinajstić information content (AvgIpc) is 3.57. The number of nitrogens with zero attached hydrogens (tertiary/aromatic N) is 4. The van der Waals surface area contributed by atoms with E-state index in [0.29, 0.717) is 13.1 Å². The van der Waals surface area contributed by atoms with Crippen LogP contribution in [0.25, 0.3) is 11.3 Å². The van der Waals surface area contributed by atoms with Crippen LogP contribution in [0.4, 0.5) is 13.2 Å². The lowest BCUT2D eigenvalue weighted by Gasteiger charge is -2.49. The van der Waals surface area contributed by atoms with Crippen molar-refractivity contribution < 1.29 is 31.5 Å². The van der Waals surface area contributed by atoms with Gasteiger partial charge in [0.15, 0.2) is 0 Å². The predicted molar refractivity (Wildman–Crippen MR) is 118 cm³/mol. The Hall–Kier alpha value is -2.44. The minimum Gasteiger partial charge on any atom is -0.475 e. The second-order valence-electron chi connectivity index (χ2n) is 8.88. The van der Waals surface area contributed by atoms with Crippen molar-refractivity contribution in [2.45, 2.75) is 49.2 Å². The molecule has 0 unspecified atom stereocenters. The van der Waals surface area contributed by atoms with Crippen LogP contribution in [-0.2, 0) is 26.9 Å². The van der Waals surface area contributed by atoms with Crippen LogP contribution in [0.5, 0.6) is 0 Å². The number of carbonyl (C=O) groups is 1. The number of alkyl halides is 3. The summed E-state index contributed by atoms with van der Waals surface area (Å²) in [6.07, 6.45) is 0.170. The summed E-state index contributed by atoms with van der Waals surface area (Å²) >= 11 is 0. The summed E-state index contributed by atoms with van der Waals surface area (Å²) in [6, 6.07) is 10.4. The summed E-state index contributed by atoms with van der Waals surface area (Å²) in [7, 11) is -0.931. The molecule has 0 atom stereocenters. The Bertz CT molecular complexity index is 1140. The van der Waals surface area contributed by atoms with E-state index in [2.05, 4.69) is 40.8 Å². The fourth-order valence-corrected chi connectivity index (χ4v) is 6.59. The van der Waals surface area contributed by atoms with Crippen molar-refractivity contribution in [3.63, 3.8) is 0 Å². The third-order valence-corrected chi connectivity index (χ3v) is 9.23. The van der Waals surface area contributed by atoms with E-state index in [-0.39, 0.29) is 10.8 Å². The number of carboxylic acid groups (broad SMARTS) is 1. The van der Waals surface area contributed by atoms with E-state index in [1.807, 2.05) is 12.3 Å². The number of carboxylic acids is 1. The van der Waals surface area contributed by atoms with E-state index in [9.17, 15) is 21.6 Å². The van der Waals surface area contributed by atoms with E-state index in [0.717, 1.165) is 50.3 Å². The zero-order chi connectivity index (χ0) is 24.7.